The molecule has 1 saturated heterocycles. The molecule has 1 aliphatic rings. The van der Waals surface area contributed by atoms with Gasteiger partial charge in [-0.2, -0.15) is 0 Å². The van der Waals surface area contributed by atoms with Crippen LogP contribution in [0.15, 0.2) is 0 Å². The van der Waals surface area contributed by atoms with E-state index in [0.29, 0.717) is 13.0 Å². The fraction of sp³-hybridized carbons (Fsp3) is 0.905. The summed E-state index contributed by atoms with van der Waals surface area (Å²) in [5.74, 6) is -0.722. The second-order valence-corrected chi connectivity index (χ2v) is 7.97. The highest BCUT2D eigenvalue weighted by Gasteiger charge is 2.44. The summed E-state index contributed by atoms with van der Waals surface area (Å²) in [6, 6.07) is -0.644. The average molecular weight is 427 g/mol. The Bertz CT molecular complexity index is 504. The quantitative estimate of drug-likeness (QED) is 0.242. The molecular formula is C21H38BNO7. The molecular weight excluding hydrogens is 389 g/mol. The van der Waals surface area contributed by atoms with Crippen molar-refractivity contribution in [1.82, 2.24) is 5.32 Å². The van der Waals surface area contributed by atoms with Crippen LogP contribution >= 0.6 is 0 Å². The Hall–Kier alpha value is -1.16. The number of carbonyl (C=O) groups is 2. The zero-order valence-electron chi connectivity index (χ0n) is 19.1. The fourth-order valence-electron chi connectivity index (χ4n) is 3.02. The molecule has 0 saturated carbocycles. The summed E-state index contributed by atoms with van der Waals surface area (Å²) in [6.07, 6.45) is 2.00. The van der Waals surface area contributed by atoms with Gasteiger partial charge in [0.05, 0.1) is 25.4 Å². The lowest BCUT2D eigenvalue weighted by Gasteiger charge is -2.26. The first kappa shape index (κ1) is 26.9. The summed E-state index contributed by atoms with van der Waals surface area (Å²) in [5, 5.41) is 2.66. The normalized spacial score (nSPS) is 23.8. The molecule has 0 bridgehead atoms. The zero-order chi connectivity index (χ0) is 22.5. The predicted molar refractivity (Wildman–Crippen MR) is 113 cm³/mol. The number of ether oxygens (including phenoxy) is 5. The van der Waals surface area contributed by atoms with E-state index in [1.54, 1.807) is 0 Å². The molecule has 0 spiro atoms. The summed E-state index contributed by atoms with van der Waals surface area (Å²) in [5.41, 5.74) is 0. The first-order chi connectivity index (χ1) is 14.2. The molecule has 1 fully saturated rings. The van der Waals surface area contributed by atoms with Gasteiger partial charge < -0.3 is 29.0 Å². The zero-order valence-corrected chi connectivity index (χ0v) is 19.1. The third-order valence-corrected chi connectivity index (χ3v) is 4.45. The Balaban J connectivity index is 2.35. The Labute approximate surface area is 182 Å². The van der Waals surface area contributed by atoms with E-state index in [1.165, 1.54) is 0 Å². The van der Waals surface area contributed by atoms with Crippen LogP contribution < -0.4 is 5.32 Å². The van der Waals surface area contributed by atoms with Gasteiger partial charge in [0, 0.05) is 19.0 Å². The minimum Gasteiger partial charge on any atom is -0.456 e. The van der Waals surface area contributed by atoms with Gasteiger partial charge in [0.25, 0.3) is 5.91 Å². The van der Waals surface area contributed by atoms with Crippen molar-refractivity contribution in [3.63, 3.8) is 0 Å². The monoisotopic (exact) mass is 427 g/mol. The summed E-state index contributed by atoms with van der Waals surface area (Å²) in [6.45, 7) is 10.4. The van der Waals surface area contributed by atoms with Gasteiger partial charge in [-0.25, -0.2) is 0 Å². The number of hydrogen-bond acceptors (Lipinski definition) is 7. The maximum absolute atomic E-state index is 11.8. The molecule has 1 heterocycles. The number of nitrogens with one attached hydrogen (secondary N) is 1. The molecule has 1 aliphatic heterocycles. The van der Waals surface area contributed by atoms with E-state index in [4.69, 9.17) is 31.5 Å². The molecule has 1 unspecified atom stereocenters. The predicted octanol–water partition coefficient (Wildman–Crippen LogP) is 1.72. The number of rotatable bonds is 15. The van der Waals surface area contributed by atoms with Gasteiger partial charge in [-0.3, -0.25) is 9.59 Å². The molecule has 0 aromatic heterocycles. The van der Waals surface area contributed by atoms with Crippen molar-refractivity contribution in [2.45, 2.75) is 96.8 Å². The molecule has 0 aromatic carbocycles. The third kappa shape index (κ3) is 10.7. The van der Waals surface area contributed by atoms with E-state index < -0.39 is 12.1 Å². The Morgan fingerprint density at radius 1 is 1.10 bits per heavy atom. The number of hydrogen-bond donors (Lipinski definition) is 1. The fourth-order valence-corrected chi connectivity index (χ4v) is 3.02. The standard InChI is InChI=1S/C21H38BNO7/c1-6-7-8-9-18(25)28-13-17(24)23-10-11-26-20-19(29-15(4)5)16(30-21(20)22)12-27-14(2)3/h14-16,19-21H,6-13H2,1-5H3,(H,23,24)/t16-,19?,20+,21-/m1/s1. The number of esters is 1. The first-order valence-corrected chi connectivity index (χ1v) is 11.0. The molecule has 1 amide bonds. The van der Waals surface area contributed by atoms with Crippen molar-refractivity contribution in [3.05, 3.63) is 0 Å². The molecule has 2 radical (unpaired) electrons. The Kier molecular flexibility index (Phi) is 13.2. The van der Waals surface area contributed by atoms with E-state index in [0.717, 1.165) is 19.3 Å². The second kappa shape index (κ2) is 14.8. The van der Waals surface area contributed by atoms with Crippen LogP contribution in [-0.2, 0) is 33.3 Å². The van der Waals surface area contributed by atoms with E-state index in [9.17, 15) is 9.59 Å². The van der Waals surface area contributed by atoms with Crippen LogP contribution in [0.1, 0.15) is 60.3 Å². The van der Waals surface area contributed by atoms with Crippen molar-refractivity contribution in [3.8, 4) is 0 Å². The summed E-state index contributed by atoms with van der Waals surface area (Å²) in [4.78, 5) is 23.3. The second-order valence-electron chi connectivity index (χ2n) is 7.97. The van der Waals surface area contributed by atoms with Gasteiger partial charge in [0.2, 0.25) is 0 Å². The lowest BCUT2D eigenvalue weighted by atomic mass is 9.92. The molecule has 9 heteroatoms. The summed E-state index contributed by atoms with van der Waals surface area (Å²) < 4.78 is 28.2. The minimum atomic E-state index is -0.644. The van der Waals surface area contributed by atoms with Crippen molar-refractivity contribution in [1.29, 1.82) is 0 Å². The maximum Gasteiger partial charge on any atom is 0.306 e. The third-order valence-electron chi connectivity index (χ3n) is 4.45. The molecule has 0 aromatic rings. The summed E-state index contributed by atoms with van der Waals surface area (Å²) >= 11 is 0. The Morgan fingerprint density at radius 3 is 2.47 bits per heavy atom. The van der Waals surface area contributed by atoms with E-state index in [2.05, 4.69) is 12.2 Å². The van der Waals surface area contributed by atoms with Crippen LogP contribution in [0, 0.1) is 0 Å². The largest absolute Gasteiger partial charge is 0.456 e. The van der Waals surface area contributed by atoms with Crippen LogP contribution in [0.2, 0.25) is 0 Å². The van der Waals surface area contributed by atoms with Crippen LogP contribution in [0.3, 0.4) is 0 Å². The SMILES string of the molecule is [B][C@@H]1O[C@H](COC(C)C)C(OC(C)C)[C@@H]1OCCNC(=O)COC(=O)CCCCC. The van der Waals surface area contributed by atoms with Crippen LogP contribution in [0.4, 0.5) is 0 Å². The number of amides is 1. The van der Waals surface area contributed by atoms with Crippen molar-refractivity contribution < 1.29 is 33.3 Å². The molecule has 1 N–H and O–H groups in total. The van der Waals surface area contributed by atoms with Crippen molar-refractivity contribution in [2.24, 2.45) is 0 Å². The van der Waals surface area contributed by atoms with Gasteiger partial charge in [-0.05, 0) is 34.1 Å². The maximum atomic E-state index is 11.8. The topological polar surface area (TPSA) is 92.3 Å². The van der Waals surface area contributed by atoms with Gasteiger partial charge >= 0.3 is 5.97 Å². The summed E-state index contributed by atoms with van der Waals surface area (Å²) in [7, 11) is 6.09. The van der Waals surface area contributed by atoms with Gasteiger partial charge in [0.15, 0.2) is 6.61 Å². The highest BCUT2D eigenvalue weighted by atomic mass is 16.6. The highest BCUT2D eigenvalue weighted by molar-refractivity contribution is 6.11. The number of carbonyl (C=O) groups excluding carboxylic acids is 2. The van der Waals surface area contributed by atoms with Crippen molar-refractivity contribution in [2.75, 3.05) is 26.4 Å². The molecule has 172 valence electrons. The smallest absolute Gasteiger partial charge is 0.306 e. The van der Waals surface area contributed by atoms with Gasteiger partial charge in [-0.1, -0.05) is 19.8 Å². The lowest BCUT2D eigenvalue weighted by molar-refractivity contribution is -0.148. The van der Waals surface area contributed by atoms with Crippen LogP contribution in [0.25, 0.3) is 0 Å². The van der Waals surface area contributed by atoms with Crippen LogP contribution in [0.5, 0.6) is 0 Å². The molecule has 0 aliphatic carbocycles. The van der Waals surface area contributed by atoms with Gasteiger partial charge in [0.1, 0.15) is 26.2 Å². The first-order valence-electron chi connectivity index (χ1n) is 11.0. The van der Waals surface area contributed by atoms with Crippen molar-refractivity contribution >= 4 is 19.7 Å². The average Bonchev–Trinajstić information content (AvgIpc) is 2.96. The highest BCUT2D eigenvalue weighted by Crippen LogP contribution is 2.26. The van der Waals surface area contributed by atoms with E-state index in [1.807, 2.05) is 27.7 Å². The van der Waals surface area contributed by atoms with E-state index in [-0.39, 0.29) is 56.1 Å². The molecule has 4 atom stereocenters. The lowest BCUT2D eigenvalue weighted by Crippen LogP contribution is -2.42. The molecule has 1 rings (SSSR count). The molecule has 30 heavy (non-hydrogen) atoms. The van der Waals surface area contributed by atoms with Gasteiger partial charge in [-0.15, -0.1) is 0 Å². The Morgan fingerprint density at radius 2 is 1.83 bits per heavy atom. The molecule has 8 nitrogen and oxygen atoms in total. The minimum absolute atomic E-state index is 0.0248. The van der Waals surface area contributed by atoms with E-state index >= 15 is 0 Å². The number of unbranched alkanes of at least 4 members (excludes halogenated alkanes) is 2. The van der Waals surface area contributed by atoms with Crippen LogP contribution in [-0.4, -0.2) is 82.6 Å².